The summed E-state index contributed by atoms with van der Waals surface area (Å²) in [4.78, 5) is 16.4. The van der Waals surface area contributed by atoms with Crippen LogP contribution >= 0.6 is 0 Å². The van der Waals surface area contributed by atoms with Gasteiger partial charge in [-0.3, -0.25) is 9.78 Å². The fourth-order valence-electron chi connectivity index (χ4n) is 2.50. The van der Waals surface area contributed by atoms with Crippen LogP contribution in [0.5, 0.6) is 17.2 Å². The van der Waals surface area contributed by atoms with Gasteiger partial charge in [-0.25, -0.2) is 0 Å². The van der Waals surface area contributed by atoms with E-state index in [2.05, 4.69) is 10.3 Å². The molecule has 1 N–H and O–H groups in total. The molecular weight excluding hydrogens is 296 g/mol. The molecule has 0 aliphatic carbocycles. The lowest BCUT2D eigenvalue weighted by molar-refractivity contribution is -0.110. The highest BCUT2D eigenvalue weighted by Gasteiger charge is 2.25. The van der Waals surface area contributed by atoms with E-state index in [4.69, 9.17) is 14.2 Å². The van der Waals surface area contributed by atoms with E-state index in [9.17, 15) is 4.79 Å². The van der Waals surface area contributed by atoms with Crippen molar-refractivity contribution in [2.75, 3.05) is 26.6 Å². The van der Waals surface area contributed by atoms with Crippen molar-refractivity contribution in [1.29, 1.82) is 0 Å². The van der Waals surface area contributed by atoms with E-state index in [0.29, 0.717) is 34.2 Å². The highest BCUT2D eigenvalue weighted by molar-refractivity contribution is 6.34. The van der Waals surface area contributed by atoms with Crippen LogP contribution < -0.4 is 19.5 Å². The van der Waals surface area contributed by atoms with E-state index < -0.39 is 0 Å². The molecule has 0 unspecified atom stereocenters. The standard InChI is InChI=1S/C17H16N2O4/c1-21-13-8-10(9-14(22-2)16(13)23-3)7-11-15-12(19-17(11)20)5-4-6-18-15/h4-9H,1-3H3,(H,19,20). The first-order valence-corrected chi connectivity index (χ1v) is 6.96. The molecule has 0 spiro atoms. The third-order valence-corrected chi connectivity index (χ3v) is 3.55. The Morgan fingerprint density at radius 2 is 1.78 bits per heavy atom. The summed E-state index contributed by atoms with van der Waals surface area (Å²) in [5, 5.41) is 2.79. The number of nitrogens with one attached hydrogen (secondary N) is 1. The van der Waals surface area contributed by atoms with Crippen LogP contribution in [0.4, 0.5) is 5.69 Å². The second kappa shape index (κ2) is 6.00. The van der Waals surface area contributed by atoms with Crippen LogP contribution in [-0.2, 0) is 4.79 Å². The van der Waals surface area contributed by atoms with Crippen molar-refractivity contribution in [2.45, 2.75) is 0 Å². The lowest BCUT2D eigenvalue weighted by atomic mass is 10.1. The summed E-state index contributed by atoms with van der Waals surface area (Å²) in [5.41, 5.74) is 2.58. The second-order valence-electron chi connectivity index (χ2n) is 4.87. The summed E-state index contributed by atoms with van der Waals surface area (Å²) in [5.74, 6) is 1.37. The van der Waals surface area contributed by atoms with Gasteiger partial charge in [0.15, 0.2) is 11.5 Å². The Hall–Kier alpha value is -3.02. The number of rotatable bonds is 4. The van der Waals surface area contributed by atoms with Crippen molar-refractivity contribution in [1.82, 2.24) is 4.98 Å². The molecule has 1 aliphatic rings. The molecular formula is C17H16N2O4. The Labute approximate surface area is 133 Å². The van der Waals surface area contributed by atoms with Gasteiger partial charge in [-0.15, -0.1) is 0 Å². The van der Waals surface area contributed by atoms with Crippen LogP contribution in [0.15, 0.2) is 30.5 Å². The third kappa shape index (κ3) is 2.59. The van der Waals surface area contributed by atoms with Crippen LogP contribution in [0.2, 0.25) is 0 Å². The van der Waals surface area contributed by atoms with E-state index >= 15 is 0 Å². The molecule has 0 saturated carbocycles. The molecule has 0 radical (unpaired) electrons. The van der Waals surface area contributed by atoms with Gasteiger partial charge in [-0.05, 0) is 35.9 Å². The largest absolute Gasteiger partial charge is 0.493 e. The molecule has 1 amide bonds. The number of hydrogen-bond acceptors (Lipinski definition) is 5. The summed E-state index contributed by atoms with van der Waals surface area (Å²) >= 11 is 0. The number of carbonyl (C=O) groups excluding carboxylic acids is 1. The maximum absolute atomic E-state index is 12.2. The first-order chi connectivity index (χ1) is 11.2. The van der Waals surface area contributed by atoms with Crippen molar-refractivity contribution in [2.24, 2.45) is 0 Å². The summed E-state index contributed by atoms with van der Waals surface area (Å²) in [7, 11) is 4.64. The van der Waals surface area contributed by atoms with Gasteiger partial charge in [-0.2, -0.15) is 0 Å². The van der Waals surface area contributed by atoms with Crippen LogP contribution in [0.1, 0.15) is 11.3 Å². The minimum Gasteiger partial charge on any atom is -0.493 e. The molecule has 6 heteroatoms. The quantitative estimate of drug-likeness (QED) is 0.879. The number of nitrogens with zero attached hydrogens (tertiary/aromatic N) is 1. The van der Waals surface area contributed by atoms with E-state index in [0.717, 1.165) is 5.56 Å². The van der Waals surface area contributed by atoms with Gasteiger partial charge in [0.2, 0.25) is 5.75 Å². The van der Waals surface area contributed by atoms with Crippen molar-refractivity contribution in [3.8, 4) is 17.2 Å². The van der Waals surface area contributed by atoms with Crippen molar-refractivity contribution >= 4 is 23.2 Å². The fraction of sp³-hybridized carbons (Fsp3) is 0.176. The Balaban J connectivity index is 2.11. The lowest BCUT2D eigenvalue weighted by Gasteiger charge is -2.13. The molecule has 23 heavy (non-hydrogen) atoms. The molecule has 1 aliphatic heterocycles. The second-order valence-corrected chi connectivity index (χ2v) is 4.87. The maximum Gasteiger partial charge on any atom is 0.258 e. The normalized spacial score (nSPS) is 14.4. The van der Waals surface area contributed by atoms with Gasteiger partial charge >= 0.3 is 0 Å². The molecule has 3 rings (SSSR count). The monoisotopic (exact) mass is 312 g/mol. The van der Waals surface area contributed by atoms with Crippen LogP contribution in [0.25, 0.3) is 11.6 Å². The zero-order chi connectivity index (χ0) is 16.4. The zero-order valence-corrected chi connectivity index (χ0v) is 13.0. The molecule has 1 aromatic carbocycles. The highest BCUT2D eigenvalue weighted by Crippen LogP contribution is 2.40. The Bertz CT molecular complexity index is 774. The summed E-state index contributed by atoms with van der Waals surface area (Å²) < 4.78 is 16.0. The van der Waals surface area contributed by atoms with Gasteiger partial charge in [0.1, 0.15) is 0 Å². The molecule has 1 aromatic heterocycles. The molecule has 2 aromatic rings. The number of fused-ring (bicyclic) bond motifs is 1. The number of benzene rings is 1. The fourth-order valence-corrected chi connectivity index (χ4v) is 2.50. The van der Waals surface area contributed by atoms with Crippen LogP contribution in [0.3, 0.4) is 0 Å². The van der Waals surface area contributed by atoms with Crippen LogP contribution in [-0.4, -0.2) is 32.2 Å². The first-order valence-electron chi connectivity index (χ1n) is 6.96. The summed E-state index contributed by atoms with van der Waals surface area (Å²) in [6.45, 7) is 0. The number of anilines is 1. The van der Waals surface area contributed by atoms with E-state index in [1.165, 1.54) is 0 Å². The average molecular weight is 312 g/mol. The van der Waals surface area contributed by atoms with Gasteiger partial charge in [0.25, 0.3) is 5.91 Å². The SMILES string of the molecule is COc1cc(C=C2C(=O)Nc3cccnc32)cc(OC)c1OC. The minimum absolute atomic E-state index is 0.188. The van der Waals surface area contributed by atoms with Crippen LogP contribution in [0, 0.1) is 0 Å². The van der Waals surface area contributed by atoms with Gasteiger partial charge < -0.3 is 19.5 Å². The topological polar surface area (TPSA) is 69.7 Å². The Morgan fingerprint density at radius 1 is 1.09 bits per heavy atom. The number of ether oxygens (including phenoxy) is 3. The number of carbonyl (C=O) groups is 1. The number of methoxy groups -OCH3 is 3. The highest BCUT2D eigenvalue weighted by atomic mass is 16.5. The van der Waals surface area contributed by atoms with Crippen molar-refractivity contribution < 1.29 is 19.0 Å². The molecule has 118 valence electrons. The van der Waals surface area contributed by atoms with Gasteiger partial charge in [0, 0.05) is 6.20 Å². The van der Waals surface area contributed by atoms with E-state index in [-0.39, 0.29) is 5.91 Å². The molecule has 2 heterocycles. The predicted octanol–water partition coefficient (Wildman–Crippen LogP) is 2.60. The summed E-state index contributed by atoms with van der Waals surface area (Å²) in [6.07, 6.45) is 3.40. The summed E-state index contributed by atoms with van der Waals surface area (Å²) in [6, 6.07) is 7.16. The van der Waals surface area contributed by atoms with E-state index in [1.54, 1.807) is 51.8 Å². The van der Waals surface area contributed by atoms with Gasteiger partial charge in [0.05, 0.1) is 38.3 Å². The maximum atomic E-state index is 12.2. The van der Waals surface area contributed by atoms with Crippen molar-refractivity contribution in [3.05, 3.63) is 41.7 Å². The smallest absolute Gasteiger partial charge is 0.258 e. The zero-order valence-electron chi connectivity index (χ0n) is 13.0. The Kier molecular flexibility index (Phi) is 3.89. The van der Waals surface area contributed by atoms with Crippen molar-refractivity contribution in [3.63, 3.8) is 0 Å². The number of pyridine rings is 1. The predicted molar refractivity (Wildman–Crippen MR) is 86.8 cm³/mol. The van der Waals surface area contributed by atoms with E-state index in [1.807, 2.05) is 6.07 Å². The molecule has 0 saturated heterocycles. The lowest BCUT2D eigenvalue weighted by Crippen LogP contribution is -2.03. The first kappa shape index (κ1) is 14.9. The molecule has 0 bridgehead atoms. The molecule has 6 nitrogen and oxygen atoms in total. The Morgan fingerprint density at radius 3 is 2.39 bits per heavy atom. The average Bonchev–Trinajstić information content (AvgIpc) is 2.89. The molecule has 0 atom stereocenters. The number of hydrogen-bond donors (Lipinski definition) is 1. The minimum atomic E-state index is -0.188. The molecule has 0 fully saturated rings. The number of amides is 1. The van der Waals surface area contributed by atoms with Gasteiger partial charge in [-0.1, -0.05) is 0 Å². The number of aromatic nitrogens is 1. The third-order valence-electron chi connectivity index (χ3n) is 3.55.